The Hall–Kier alpha value is -3.34. The largest absolute Gasteiger partial charge is 0.436 e. The van der Waals surface area contributed by atoms with Crippen LogP contribution in [0.15, 0.2) is 121 Å². The number of carbonyl (C=O) groups is 1. The summed E-state index contributed by atoms with van der Waals surface area (Å²) in [7, 11) is -5.79. The van der Waals surface area contributed by atoms with E-state index in [0.717, 1.165) is 0 Å². The summed E-state index contributed by atoms with van der Waals surface area (Å²) >= 11 is 0. The molecule has 5 rings (SSSR count). The number of carbonyl (C=O) groups excluding carboxylic acids is 1. The van der Waals surface area contributed by atoms with E-state index < -0.39 is 29.0 Å². The molecule has 4 aromatic carbocycles. The van der Waals surface area contributed by atoms with Gasteiger partial charge in [-0.3, -0.25) is 4.79 Å². The van der Waals surface area contributed by atoms with Gasteiger partial charge in [-0.1, -0.05) is 163 Å². The van der Waals surface area contributed by atoms with E-state index in [2.05, 4.69) is 139 Å². The molecule has 1 aliphatic heterocycles. The van der Waals surface area contributed by atoms with E-state index in [1.165, 1.54) is 27.7 Å². The first-order valence-electron chi connectivity index (χ1n) is 16.2. The molecule has 242 valence electrons. The van der Waals surface area contributed by atoms with Crippen LogP contribution in [-0.4, -0.2) is 47.7 Å². The highest BCUT2D eigenvalue weighted by Crippen LogP contribution is 2.41. The number of hydrogen-bond donors (Lipinski definition) is 0. The lowest BCUT2D eigenvalue weighted by molar-refractivity contribution is -0.174. The first-order chi connectivity index (χ1) is 21.9. The van der Waals surface area contributed by atoms with Crippen molar-refractivity contribution in [2.45, 2.75) is 83.5 Å². The molecule has 0 aromatic heterocycles. The molecule has 1 saturated heterocycles. The van der Waals surface area contributed by atoms with Crippen LogP contribution in [0, 0.1) is 0 Å². The normalized spacial score (nSPS) is 19.2. The molecule has 0 aliphatic carbocycles. The second kappa shape index (κ2) is 13.8. The average Bonchev–Trinajstić information content (AvgIpc) is 3.40. The summed E-state index contributed by atoms with van der Waals surface area (Å²) in [6.45, 7) is 15.3. The van der Waals surface area contributed by atoms with Gasteiger partial charge in [0.2, 0.25) is 6.29 Å². The first-order valence-corrected chi connectivity index (χ1v) is 20.1. The summed E-state index contributed by atoms with van der Waals surface area (Å²) in [6, 6.07) is 42.4. The van der Waals surface area contributed by atoms with Crippen LogP contribution in [0.25, 0.3) is 0 Å². The molecule has 4 aromatic rings. The van der Waals surface area contributed by atoms with Gasteiger partial charge in [0.15, 0.2) is 0 Å². The van der Waals surface area contributed by atoms with Gasteiger partial charge in [-0.25, -0.2) is 0 Å². The Morgan fingerprint density at radius 2 is 1.02 bits per heavy atom. The van der Waals surface area contributed by atoms with Gasteiger partial charge in [-0.15, -0.1) is 0 Å². The monoisotopic (exact) mass is 652 g/mol. The highest BCUT2D eigenvalue weighted by atomic mass is 28.4. The first kappa shape index (κ1) is 34.0. The molecule has 7 heteroatoms. The van der Waals surface area contributed by atoms with Crippen molar-refractivity contribution < 1.29 is 23.1 Å². The lowest BCUT2D eigenvalue weighted by Crippen LogP contribution is -2.69. The minimum absolute atomic E-state index is 0.196. The molecular weight excluding hydrogens is 605 g/mol. The van der Waals surface area contributed by atoms with Crippen molar-refractivity contribution >= 4 is 43.4 Å². The fourth-order valence-electron chi connectivity index (χ4n) is 7.10. The predicted molar refractivity (Wildman–Crippen MR) is 191 cm³/mol. The molecule has 0 spiro atoms. The fraction of sp³-hybridized carbons (Fsp3) is 0.359. The smallest absolute Gasteiger partial charge is 0.304 e. The summed E-state index contributed by atoms with van der Waals surface area (Å²) < 4.78 is 27.2. The summed E-state index contributed by atoms with van der Waals surface area (Å²) in [5.41, 5.74) is 0. The van der Waals surface area contributed by atoms with Crippen LogP contribution in [-0.2, 0) is 23.1 Å². The molecule has 0 saturated carbocycles. The maximum absolute atomic E-state index is 12.2. The van der Waals surface area contributed by atoms with Gasteiger partial charge < -0.3 is 18.3 Å². The molecule has 0 N–H and O–H groups in total. The molecule has 46 heavy (non-hydrogen) atoms. The van der Waals surface area contributed by atoms with Crippen molar-refractivity contribution in [3.63, 3.8) is 0 Å². The van der Waals surface area contributed by atoms with Crippen molar-refractivity contribution in [1.82, 2.24) is 0 Å². The van der Waals surface area contributed by atoms with Crippen LogP contribution in [0.5, 0.6) is 0 Å². The van der Waals surface area contributed by atoms with Crippen LogP contribution in [0.1, 0.15) is 54.9 Å². The van der Waals surface area contributed by atoms with Gasteiger partial charge in [0.1, 0.15) is 6.10 Å². The SMILES string of the molecule is CC(=O)OC1C[C@H](O[Si](c2ccccc2)(c2ccccc2)C(C)(C)C)[C@@H](CO[Si](c2ccccc2)(c2ccccc2)C(C)(C)C)O1. The third-order valence-corrected chi connectivity index (χ3v) is 19.2. The lowest BCUT2D eigenvalue weighted by Gasteiger charge is -2.46. The van der Waals surface area contributed by atoms with Gasteiger partial charge in [0.25, 0.3) is 16.6 Å². The minimum Gasteiger partial charge on any atom is -0.436 e. The maximum Gasteiger partial charge on any atom is 0.304 e. The Kier molecular flexibility index (Phi) is 10.2. The Labute approximate surface area is 277 Å². The second-order valence-electron chi connectivity index (χ2n) is 14.2. The average molecular weight is 653 g/mol. The predicted octanol–water partition coefficient (Wildman–Crippen LogP) is 6.19. The molecule has 1 aliphatic rings. The lowest BCUT2D eigenvalue weighted by atomic mass is 10.2. The van der Waals surface area contributed by atoms with Gasteiger partial charge in [0.05, 0.1) is 12.7 Å². The second-order valence-corrected chi connectivity index (χ2v) is 22.8. The van der Waals surface area contributed by atoms with E-state index >= 15 is 0 Å². The third-order valence-electron chi connectivity index (χ3n) is 9.09. The van der Waals surface area contributed by atoms with Gasteiger partial charge in [0, 0.05) is 13.3 Å². The van der Waals surface area contributed by atoms with Crippen molar-refractivity contribution in [2.24, 2.45) is 0 Å². The number of esters is 1. The Morgan fingerprint density at radius 3 is 1.37 bits per heavy atom. The molecule has 0 amide bonds. The van der Waals surface area contributed by atoms with E-state index in [4.69, 9.17) is 18.3 Å². The maximum atomic E-state index is 12.2. The van der Waals surface area contributed by atoms with Crippen LogP contribution >= 0.6 is 0 Å². The summed E-state index contributed by atoms with van der Waals surface area (Å²) in [5, 5.41) is 4.37. The van der Waals surface area contributed by atoms with Crippen LogP contribution in [0.2, 0.25) is 10.1 Å². The van der Waals surface area contributed by atoms with E-state index in [1.807, 2.05) is 24.3 Å². The van der Waals surface area contributed by atoms with Crippen LogP contribution in [0.3, 0.4) is 0 Å². The Balaban J connectivity index is 1.59. The van der Waals surface area contributed by atoms with Crippen molar-refractivity contribution in [1.29, 1.82) is 0 Å². The molecule has 3 atom stereocenters. The van der Waals surface area contributed by atoms with E-state index in [-0.39, 0.29) is 22.1 Å². The standard InChI is InChI=1S/C39H48O5Si2/c1-30(40)42-37-28-35(44-46(39(5,6)7,33-24-16-10-17-25-33)34-26-18-11-19-27-34)36(43-37)29-41-45(38(2,3)4,31-20-12-8-13-21-31)32-22-14-9-15-23-32/h8-27,35-37H,28-29H2,1-7H3/t35-,36+,37?/m0/s1. The van der Waals surface area contributed by atoms with E-state index in [9.17, 15) is 4.79 Å². The van der Waals surface area contributed by atoms with Crippen molar-refractivity contribution in [3.8, 4) is 0 Å². The van der Waals surface area contributed by atoms with E-state index in [1.54, 1.807) is 0 Å². The highest BCUT2D eigenvalue weighted by Gasteiger charge is 2.55. The minimum atomic E-state index is -2.93. The Morgan fingerprint density at radius 1 is 0.652 bits per heavy atom. The molecule has 5 nitrogen and oxygen atoms in total. The molecule has 0 radical (unpaired) electrons. The summed E-state index contributed by atoms with van der Waals surface area (Å²) in [6.07, 6.45) is -1.10. The number of rotatable bonds is 10. The third kappa shape index (κ3) is 6.71. The number of ether oxygens (including phenoxy) is 2. The van der Waals surface area contributed by atoms with Crippen LogP contribution in [0.4, 0.5) is 0 Å². The molecule has 1 unspecified atom stereocenters. The fourth-order valence-corrected chi connectivity index (χ4v) is 16.4. The van der Waals surface area contributed by atoms with E-state index in [0.29, 0.717) is 13.0 Å². The van der Waals surface area contributed by atoms with Gasteiger partial charge in [-0.05, 0) is 30.8 Å². The molecule has 1 fully saturated rings. The number of hydrogen-bond acceptors (Lipinski definition) is 5. The van der Waals surface area contributed by atoms with Crippen molar-refractivity contribution in [2.75, 3.05) is 6.61 Å². The zero-order valence-corrected chi connectivity index (χ0v) is 30.2. The highest BCUT2D eigenvalue weighted by molar-refractivity contribution is 7.00. The molecule has 1 heterocycles. The molecular formula is C39H48O5Si2. The summed E-state index contributed by atoms with van der Waals surface area (Å²) in [4.78, 5) is 12.2. The van der Waals surface area contributed by atoms with Crippen molar-refractivity contribution in [3.05, 3.63) is 121 Å². The zero-order chi connectivity index (χ0) is 33.0. The Bertz CT molecular complexity index is 1470. The topological polar surface area (TPSA) is 54.0 Å². The molecule has 0 bridgehead atoms. The van der Waals surface area contributed by atoms with Crippen LogP contribution < -0.4 is 20.7 Å². The summed E-state index contributed by atoms with van der Waals surface area (Å²) in [5.74, 6) is -0.372. The quantitative estimate of drug-likeness (QED) is 0.151. The van der Waals surface area contributed by atoms with Gasteiger partial charge >= 0.3 is 5.97 Å². The zero-order valence-electron chi connectivity index (χ0n) is 28.2. The number of benzene rings is 4. The van der Waals surface area contributed by atoms with Gasteiger partial charge in [-0.2, -0.15) is 0 Å².